The highest BCUT2D eigenvalue weighted by Crippen LogP contribution is 2.34. The Kier molecular flexibility index (Phi) is 7.86. The number of rotatable bonds is 8. The number of furan rings is 2. The van der Waals surface area contributed by atoms with Crippen molar-refractivity contribution in [3.8, 4) is 0 Å². The fourth-order valence-electron chi connectivity index (χ4n) is 5.06. The first-order chi connectivity index (χ1) is 20.3. The number of carbonyl (C=O) groups is 1. The number of carbonyl (C=O) groups excluding carboxylic acids is 1. The molecule has 0 aliphatic heterocycles. The molecule has 0 aliphatic rings. The van der Waals surface area contributed by atoms with Crippen LogP contribution in [0, 0.1) is 24.5 Å². The molecule has 0 spiro atoms. The Hall–Kier alpha value is -4.52. The van der Waals surface area contributed by atoms with Gasteiger partial charge in [0.05, 0.1) is 12.6 Å². The Bertz CT molecular complexity index is 1890. The average molecular weight is 603 g/mol. The molecule has 13 heteroatoms. The Morgan fingerprint density at radius 2 is 1.81 bits per heavy atom. The molecular formula is C30H27F5N4O4. The number of nitrogens with zero attached hydrogens (tertiary/aromatic N) is 3. The van der Waals surface area contributed by atoms with E-state index in [1.807, 2.05) is 0 Å². The van der Waals surface area contributed by atoms with Crippen molar-refractivity contribution in [2.75, 3.05) is 13.1 Å². The second-order valence-corrected chi connectivity index (χ2v) is 10.5. The Morgan fingerprint density at radius 1 is 1.07 bits per heavy atom. The van der Waals surface area contributed by atoms with Gasteiger partial charge in [0.1, 0.15) is 34.3 Å². The molecule has 0 fully saturated rings. The van der Waals surface area contributed by atoms with Crippen molar-refractivity contribution in [3.05, 3.63) is 99.0 Å². The van der Waals surface area contributed by atoms with Crippen LogP contribution in [0.3, 0.4) is 0 Å². The van der Waals surface area contributed by atoms with Gasteiger partial charge in [-0.05, 0) is 60.9 Å². The predicted molar refractivity (Wildman–Crippen MR) is 147 cm³/mol. The van der Waals surface area contributed by atoms with E-state index in [1.54, 1.807) is 20.8 Å². The summed E-state index contributed by atoms with van der Waals surface area (Å²) in [4.78, 5) is 33.8. The minimum Gasteiger partial charge on any atom is -0.455 e. The lowest BCUT2D eigenvalue weighted by molar-refractivity contribution is -0.153. The molecule has 1 amide bonds. The summed E-state index contributed by atoms with van der Waals surface area (Å²) < 4.78 is 80.3. The van der Waals surface area contributed by atoms with E-state index in [2.05, 4.69) is 4.98 Å². The summed E-state index contributed by atoms with van der Waals surface area (Å²) in [5, 5.41) is 0.192. The lowest BCUT2D eigenvalue weighted by Gasteiger charge is -2.35. The average Bonchev–Trinajstić information content (AvgIpc) is 3.56. The van der Waals surface area contributed by atoms with Gasteiger partial charge in [-0.25, -0.2) is 13.8 Å². The van der Waals surface area contributed by atoms with Crippen molar-refractivity contribution in [2.24, 2.45) is 11.7 Å². The number of amides is 1. The number of alkyl halides is 3. The molecule has 2 aromatic carbocycles. The first-order valence-electron chi connectivity index (χ1n) is 13.4. The fraction of sp³-hybridized carbons (Fsp3) is 0.300. The number of hydrogen-bond donors (Lipinski definition) is 1. The molecule has 0 saturated heterocycles. The predicted octanol–water partition coefficient (Wildman–Crippen LogP) is 6.19. The zero-order valence-corrected chi connectivity index (χ0v) is 23.3. The maximum absolute atomic E-state index is 14.5. The molecule has 3 heterocycles. The van der Waals surface area contributed by atoms with Crippen molar-refractivity contribution in [3.63, 3.8) is 0 Å². The van der Waals surface area contributed by atoms with Gasteiger partial charge in [0.2, 0.25) is 11.3 Å². The molecule has 226 valence electrons. The summed E-state index contributed by atoms with van der Waals surface area (Å²) in [5.41, 5.74) is 5.36. The van der Waals surface area contributed by atoms with Crippen LogP contribution in [0.15, 0.2) is 62.2 Å². The van der Waals surface area contributed by atoms with Gasteiger partial charge in [0, 0.05) is 24.0 Å². The third-order valence-electron chi connectivity index (χ3n) is 7.10. The summed E-state index contributed by atoms with van der Waals surface area (Å²) in [7, 11) is 0. The van der Waals surface area contributed by atoms with Crippen LogP contribution in [0.2, 0.25) is 0 Å². The highest BCUT2D eigenvalue weighted by atomic mass is 19.4. The number of benzene rings is 2. The van der Waals surface area contributed by atoms with E-state index in [9.17, 15) is 31.5 Å². The summed E-state index contributed by atoms with van der Waals surface area (Å²) in [6.45, 7) is 4.51. The highest BCUT2D eigenvalue weighted by molar-refractivity contribution is 6.02. The minimum absolute atomic E-state index is 0.00773. The first kappa shape index (κ1) is 30.0. The van der Waals surface area contributed by atoms with Gasteiger partial charge in [0.25, 0.3) is 11.5 Å². The highest BCUT2D eigenvalue weighted by Gasteiger charge is 2.36. The summed E-state index contributed by atoms with van der Waals surface area (Å²) in [6, 6.07) is 8.45. The van der Waals surface area contributed by atoms with Gasteiger partial charge in [-0.1, -0.05) is 19.9 Å². The summed E-state index contributed by atoms with van der Waals surface area (Å²) in [6.07, 6.45) is -4.76. The normalized spacial score (nSPS) is 12.9. The van der Waals surface area contributed by atoms with Crippen molar-refractivity contribution in [2.45, 2.75) is 39.5 Å². The number of aryl methyl sites for hydroxylation is 1. The zero-order valence-electron chi connectivity index (χ0n) is 23.3. The second-order valence-electron chi connectivity index (χ2n) is 10.5. The van der Waals surface area contributed by atoms with Gasteiger partial charge < -0.3 is 19.5 Å². The molecule has 8 nitrogen and oxygen atoms in total. The smallest absolute Gasteiger partial charge is 0.449 e. The lowest BCUT2D eigenvalue weighted by Crippen LogP contribution is -2.43. The third-order valence-corrected chi connectivity index (χ3v) is 7.10. The molecule has 5 rings (SSSR count). The Labute approximate surface area is 241 Å². The van der Waals surface area contributed by atoms with Gasteiger partial charge in [-0.15, -0.1) is 0 Å². The van der Waals surface area contributed by atoms with Crippen LogP contribution in [0.1, 0.15) is 53.2 Å². The van der Waals surface area contributed by atoms with Crippen LogP contribution in [-0.4, -0.2) is 33.4 Å². The van der Waals surface area contributed by atoms with Crippen LogP contribution in [-0.2, 0) is 12.7 Å². The lowest BCUT2D eigenvalue weighted by atomic mass is 9.99. The van der Waals surface area contributed by atoms with Gasteiger partial charge >= 0.3 is 6.18 Å². The number of aromatic nitrogens is 2. The second kappa shape index (κ2) is 11.3. The number of fused-ring (bicyclic) bond motifs is 3. The van der Waals surface area contributed by atoms with E-state index in [1.165, 1.54) is 23.1 Å². The number of hydrogen-bond acceptors (Lipinski definition) is 6. The van der Waals surface area contributed by atoms with Crippen LogP contribution >= 0.6 is 0 Å². The molecule has 1 atom stereocenters. The molecule has 0 saturated carbocycles. The number of nitrogens with two attached hydrogens (primary N) is 1. The molecule has 0 aliphatic carbocycles. The Morgan fingerprint density at radius 3 is 2.44 bits per heavy atom. The van der Waals surface area contributed by atoms with E-state index in [0.29, 0.717) is 5.56 Å². The van der Waals surface area contributed by atoms with Crippen LogP contribution in [0.25, 0.3) is 22.1 Å². The number of halogens is 5. The van der Waals surface area contributed by atoms with E-state index >= 15 is 0 Å². The maximum Gasteiger partial charge on any atom is 0.449 e. The quantitative estimate of drug-likeness (QED) is 0.212. The van der Waals surface area contributed by atoms with E-state index in [0.717, 1.165) is 34.9 Å². The largest absolute Gasteiger partial charge is 0.455 e. The Balaban J connectivity index is 1.75. The standard InChI is InChI=1S/C30H27F5N4O4/c1-15(2)25(38(11-10-36)28(40)17-5-4-16(3)21(32)12-17)27-37-24-20-13-18(31)6-8-22(20)43-26(24)29(41)39(27)14-19-7-9-23(42-19)30(33,34)35/h4-9,12-13,15,25H,10-11,14,36H2,1-3H3/t25-/m1/s1. The van der Waals surface area contributed by atoms with Crippen LogP contribution in [0.5, 0.6) is 0 Å². The van der Waals surface area contributed by atoms with Crippen molar-refractivity contribution < 1.29 is 35.6 Å². The fourth-order valence-corrected chi connectivity index (χ4v) is 5.06. The molecule has 0 radical (unpaired) electrons. The zero-order chi connectivity index (χ0) is 31.2. The monoisotopic (exact) mass is 602 g/mol. The maximum atomic E-state index is 14.5. The molecule has 3 aromatic heterocycles. The van der Waals surface area contributed by atoms with Gasteiger partial charge in [0.15, 0.2) is 0 Å². The third kappa shape index (κ3) is 5.64. The summed E-state index contributed by atoms with van der Waals surface area (Å²) in [5.74, 6) is -3.76. The van der Waals surface area contributed by atoms with E-state index in [-0.39, 0.29) is 52.3 Å². The van der Waals surface area contributed by atoms with Crippen LogP contribution < -0.4 is 11.3 Å². The molecular weight excluding hydrogens is 575 g/mol. The topological polar surface area (TPSA) is 108 Å². The molecule has 0 unspecified atom stereocenters. The SMILES string of the molecule is Cc1ccc(C(=O)N(CCN)[C@@H](c2nc3c(oc4ccc(F)cc43)c(=O)n2Cc2ccc(C(F)(F)F)o2)C(C)C)cc1F. The minimum atomic E-state index is -4.76. The van der Waals surface area contributed by atoms with Crippen molar-refractivity contribution in [1.29, 1.82) is 0 Å². The van der Waals surface area contributed by atoms with Crippen molar-refractivity contribution in [1.82, 2.24) is 14.5 Å². The van der Waals surface area contributed by atoms with E-state index in [4.69, 9.17) is 14.6 Å². The molecule has 43 heavy (non-hydrogen) atoms. The van der Waals surface area contributed by atoms with Crippen molar-refractivity contribution >= 4 is 28.0 Å². The summed E-state index contributed by atoms with van der Waals surface area (Å²) >= 11 is 0. The molecule has 0 bridgehead atoms. The molecule has 5 aromatic rings. The first-order valence-corrected chi connectivity index (χ1v) is 13.4. The van der Waals surface area contributed by atoms with Gasteiger partial charge in [-0.2, -0.15) is 13.2 Å². The molecule has 2 N–H and O–H groups in total. The van der Waals surface area contributed by atoms with Crippen LogP contribution in [0.4, 0.5) is 22.0 Å². The van der Waals surface area contributed by atoms with Gasteiger partial charge in [-0.3, -0.25) is 14.2 Å². The van der Waals surface area contributed by atoms with E-state index < -0.39 is 53.5 Å².